The van der Waals surface area contributed by atoms with E-state index in [-0.39, 0.29) is 23.8 Å². The SMILES string of the molecule is CC(C)CS(=O)(=O)NCCc1ccc(-c2ccc([C@@H](O)[C@@H](CF)NC(=O)C(F)F)cc2)cn1. The van der Waals surface area contributed by atoms with Gasteiger partial charge >= 0.3 is 6.43 Å². The molecule has 0 aliphatic carbocycles. The zero-order valence-electron chi connectivity index (χ0n) is 18.3. The zero-order valence-corrected chi connectivity index (χ0v) is 19.2. The van der Waals surface area contributed by atoms with Gasteiger partial charge in [-0.15, -0.1) is 0 Å². The summed E-state index contributed by atoms with van der Waals surface area (Å²) in [6, 6.07) is 8.41. The number of carbonyl (C=O) groups is 1. The van der Waals surface area contributed by atoms with Crippen molar-refractivity contribution in [2.45, 2.75) is 38.8 Å². The van der Waals surface area contributed by atoms with Crippen molar-refractivity contribution in [2.24, 2.45) is 5.92 Å². The van der Waals surface area contributed by atoms with Gasteiger partial charge in [0, 0.05) is 30.4 Å². The van der Waals surface area contributed by atoms with Crippen molar-refractivity contribution in [3.8, 4) is 11.1 Å². The van der Waals surface area contributed by atoms with E-state index in [9.17, 15) is 31.5 Å². The molecular weight excluding hydrogens is 459 g/mol. The fourth-order valence-electron chi connectivity index (χ4n) is 3.13. The third-order valence-corrected chi connectivity index (χ3v) is 6.49. The van der Waals surface area contributed by atoms with E-state index >= 15 is 0 Å². The molecule has 0 spiro atoms. The number of nitrogens with zero attached hydrogens (tertiary/aromatic N) is 1. The van der Waals surface area contributed by atoms with Crippen LogP contribution in [0.2, 0.25) is 0 Å². The second kappa shape index (κ2) is 12.1. The summed E-state index contributed by atoms with van der Waals surface area (Å²) < 4.78 is 64.2. The van der Waals surface area contributed by atoms with Crippen LogP contribution in [0.5, 0.6) is 0 Å². The number of benzene rings is 1. The summed E-state index contributed by atoms with van der Waals surface area (Å²) in [6.07, 6.45) is -2.75. The maximum atomic E-state index is 13.1. The van der Waals surface area contributed by atoms with Crippen LogP contribution in [0.15, 0.2) is 42.6 Å². The standard InChI is InChI=1S/C22H28F3N3O4S/c1-14(2)13-33(31,32)27-10-9-18-8-7-17(12-26-18)15-3-5-16(6-4-15)20(29)19(11-23)28-22(30)21(24)25/h3-8,12,14,19-21,27,29H,9-11,13H2,1-2H3,(H,28,30)/t19-,20-/m1/s1. The van der Waals surface area contributed by atoms with E-state index in [0.29, 0.717) is 12.1 Å². The smallest absolute Gasteiger partial charge is 0.315 e. The fourth-order valence-corrected chi connectivity index (χ4v) is 4.54. The first-order valence-electron chi connectivity index (χ1n) is 10.4. The molecule has 33 heavy (non-hydrogen) atoms. The maximum absolute atomic E-state index is 13.1. The van der Waals surface area contributed by atoms with Gasteiger partial charge in [-0.3, -0.25) is 9.78 Å². The lowest BCUT2D eigenvalue weighted by Gasteiger charge is -2.22. The van der Waals surface area contributed by atoms with E-state index in [1.807, 2.05) is 19.9 Å². The van der Waals surface area contributed by atoms with E-state index in [2.05, 4.69) is 9.71 Å². The molecule has 2 rings (SSSR count). The van der Waals surface area contributed by atoms with Crippen LogP contribution in [-0.4, -0.2) is 55.9 Å². The Balaban J connectivity index is 1.98. The number of sulfonamides is 1. The molecule has 0 saturated heterocycles. The maximum Gasteiger partial charge on any atom is 0.315 e. The van der Waals surface area contributed by atoms with Crippen LogP contribution in [0, 0.1) is 5.92 Å². The molecule has 3 N–H and O–H groups in total. The fraction of sp³-hybridized carbons (Fsp3) is 0.455. The molecule has 0 saturated carbocycles. The summed E-state index contributed by atoms with van der Waals surface area (Å²) in [5.74, 6) is -1.55. The molecule has 1 aromatic carbocycles. The molecule has 1 aromatic heterocycles. The van der Waals surface area contributed by atoms with E-state index < -0.39 is 41.2 Å². The lowest BCUT2D eigenvalue weighted by Crippen LogP contribution is -2.43. The molecule has 0 fully saturated rings. The molecule has 0 aliphatic heterocycles. The molecule has 0 unspecified atom stereocenters. The predicted octanol–water partition coefficient (Wildman–Crippen LogP) is 2.62. The molecule has 182 valence electrons. The van der Waals surface area contributed by atoms with Gasteiger partial charge in [0.2, 0.25) is 10.0 Å². The number of rotatable bonds is 12. The Morgan fingerprint density at radius 3 is 2.24 bits per heavy atom. The Hall–Kier alpha value is -2.50. The summed E-state index contributed by atoms with van der Waals surface area (Å²) >= 11 is 0. The van der Waals surface area contributed by atoms with Gasteiger partial charge in [-0.25, -0.2) is 17.5 Å². The van der Waals surface area contributed by atoms with Crippen LogP contribution in [0.4, 0.5) is 13.2 Å². The molecule has 2 aromatic rings. The van der Waals surface area contributed by atoms with Gasteiger partial charge in [0.15, 0.2) is 0 Å². The Labute approximate surface area is 191 Å². The van der Waals surface area contributed by atoms with Gasteiger partial charge in [-0.1, -0.05) is 44.2 Å². The highest BCUT2D eigenvalue weighted by atomic mass is 32.2. The Morgan fingerprint density at radius 2 is 1.73 bits per heavy atom. The van der Waals surface area contributed by atoms with Gasteiger partial charge < -0.3 is 10.4 Å². The number of amides is 1. The lowest BCUT2D eigenvalue weighted by molar-refractivity contribution is -0.133. The molecule has 2 atom stereocenters. The molecular formula is C22H28F3N3O4S. The summed E-state index contributed by atoms with van der Waals surface area (Å²) in [7, 11) is -3.31. The number of alkyl halides is 3. The third-order valence-electron chi connectivity index (χ3n) is 4.74. The number of pyridine rings is 1. The minimum atomic E-state index is -3.31. The zero-order chi connectivity index (χ0) is 24.6. The van der Waals surface area contributed by atoms with Gasteiger partial charge in [-0.2, -0.15) is 8.78 Å². The van der Waals surface area contributed by atoms with Crippen molar-refractivity contribution >= 4 is 15.9 Å². The van der Waals surface area contributed by atoms with Crippen LogP contribution in [0.3, 0.4) is 0 Å². The molecule has 0 bridgehead atoms. The topological polar surface area (TPSA) is 108 Å². The van der Waals surface area contributed by atoms with E-state index in [4.69, 9.17) is 0 Å². The van der Waals surface area contributed by atoms with Crippen LogP contribution in [0.25, 0.3) is 11.1 Å². The van der Waals surface area contributed by atoms with Crippen LogP contribution >= 0.6 is 0 Å². The van der Waals surface area contributed by atoms with Crippen molar-refractivity contribution in [3.05, 3.63) is 53.9 Å². The normalized spacial score (nSPS) is 13.8. The average Bonchev–Trinajstić information content (AvgIpc) is 2.76. The highest BCUT2D eigenvalue weighted by molar-refractivity contribution is 7.89. The number of aliphatic hydroxyl groups is 1. The highest BCUT2D eigenvalue weighted by Crippen LogP contribution is 2.24. The summed E-state index contributed by atoms with van der Waals surface area (Å²) in [5.41, 5.74) is 2.47. The summed E-state index contributed by atoms with van der Waals surface area (Å²) in [6.45, 7) is 2.70. The first-order valence-corrected chi connectivity index (χ1v) is 12.0. The van der Waals surface area contributed by atoms with Crippen LogP contribution in [-0.2, 0) is 21.2 Å². The minimum absolute atomic E-state index is 0.0339. The number of hydrogen-bond donors (Lipinski definition) is 3. The first-order chi connectivity index (χ1) is 15.5. The first kappa shape index (κ1) is 26.7. The second-order valence-corrected chi connectivity index (χ2v) is 9.85. The highest BCUT2D eigenvalue weighted by Gasteiger charge is 2.26. The van der Waals surface area contributed by atoms with E-state index in [1.54, 1.807) is 29.7 Å². The van der Waals surface area contributed by atoms with Gasteiger partial charge in [0.1, 0.15) is 12.8 Å². The summed E-state index contributed by atoms with van der Waals surface area (Å²) in [5, 5.41) is 12.0. The molecule has 1 heterocycles. The Bertz CT molecular complexity index is 1000. The number of hydrogen-bond acceptors (Lipinski definition) is 5. The van der Waals surface area contributed by atoms with E-state index in [1.165, 1.54) is 12.1 Å². The Kier molecular flexibility index (Phi) is 9.81. The van der Waals surface area contributed by atoms with Crippen molar-refractivity contribution in [2.75, 3.05) is 19.0 Å². The number of aromatic nitrogens is 1. The van der Waals surface area contributed by atoms with Gasteiger partial charge in [0.25, 0.3) is 5.91 Å². The number of nitrogens with one attached hydrogen (secondary N) is 2. The van der Waals surface area contributed by atoms with E-state index in [0.717, 1.165) is 11.1 Å². The molecule has 1 amide bonds. The third kappa shape index (κ3) is 8.41. The number of halogens is 3. The number of carbonyl (C=O) groups excluding carboxylic acids is 1. The molecule has 11 heteroatoms. The monoisotopic (exact) mass is 487 g/mol. The van der Waals surface area contributed by atoms with Crippen molar-refractivity contribution in [1.82, 2.24) is 15.0 Å². The second-order valence-electron chi connectivity index (χ2n) is 7.99. The molecule has 0 aliphatic rings. The molecule has 0 radical (unpaired) electrons. The Morgan fingerprint density at radius 1 is 1.09 bits per heavy atom. The van der Waals surface area contributed by atoms with Crippen LogP contribution < -0.4 is 10.0 Å². The quantitative estimate of drug-likeness (QED) is 0.427. The van der Waals surface area contributed by atoms with Crippen molar-refractivity contribution in [3.63, 3.8) is 0 Å². The van der Waals surface area contributed by atoms with Crippen molar-refractivity contribution in [1.29, 1.82) is 0 Å². The minimum Gasteiger partial charge on any atom is -0.386 e. The van der Waals surface area contributed by atoms with Gasteiger partial charge in [-0.05, 0) is 23.1 Å². The number of aliphatic hydroxyl groups excluding tert-OH is 1. The average molecular weight is 488 g/mol. The van der Waals surface area contributed by atoms with Gasteiger partial charge in [0.05, 0.1) is 11.8 Å². The summed E-state index contributed by atoms with van der Waals surface area (Å²) in [4.78, 5) is 15.4. The lowest BCUT2D eigenvalue weighted by atomic mass is 9.99. The predicted molar refractivity (Wildman–Crippen MR) is 119 cm³/mol. The molecule has 7 nitrogen and oxygen atoms in total. The van der Waals surface area contributed by atoms with Crippen LogP contribution in [0.1, 0.15) is 31.2 Å². The van der Waals surface area contributed by atoms with Crippen molar-refractivity contribution < 1.29 is 31.5 Å². The largest absolute Gasteiger partial charge is 0.386 e.